The van der Waals surface area contributed by atoms with E-state index in [0.29, 0.717) is 35.2 Å². The quantitative estimate of drug-likeness (QED) is 0.677. The van der Waals surface area contributed by atoms with Crippen molar-refractivity contribution < 1.29 is 13.9 Å². The molecule has 2 aliphatic rings. The number of anilines is 1. The van der Waals surface area contributed by atoms with Crippen molar-refractivity contribution >= 4 is 17.4 Å². The molecule has 3 heterocycles. The number of aromatic nitrogens is 3. The number of carbonyl (C=O) groups is 1. The van der Waals surface area contributed by atoms with Gasteiger partial charge in [-0.1, -0.05) is 6.42 Å². The molecule has 1 unspecified atom stereocenters. The van der Waals surface area contributed by atoms with E-state index >= 15 is 0 Å². The summed E-state index contributed by atoms with van der Waals surface area (Å²) in [6.45, 7) is 0.616. The molecule has 0 saturated heterocycles. The first-order chi connectivity index (χ1) is 13.7. The van der Waals surface area contributed by atoms with Crippen LogP contribution in [0.5, 0.6) is 5.75 Å². The van der Waals surface area contributed by atoms with E-state index < -0.39 is 0 Å². The predicted octanol–water partition coefficient (Wildman–Crippen LogP) is 2.94. The summed E-state index contributed by atoms with van der Waals surface area (Å²) in [7, 11) is 0. The number of halogens is 1. The van der Waals surface area contributed by atoms with Crippen molar-refractivity contribution in [1.82, 2.24) is 19.9 Å². The van der Waals surface area contributed by atoms with Crippen LogP contribution in [0, 0.1) is 11.7 Å². The second-order valence-electron chi connectivity index (χ2n) is 7.24. The van der Waals surface area contributed by atoms with Gasteiger partial charge < -0.3 is 15.4 Å². The van der Waals surface area contributed by atoms with Gasteiger partial charge in [0.25, 0.3) is 5.91 Å². The van der Waals surface area contributed by atoms with Crippen LogP contribution in [0.4, 0.5) is 10.2 Å². The molecule has 7 nitrogen and oxygen atoms in total. The Morgan fingerprint density at radius 2 is 2.14 bits per heavy atom. The van der Waals surface area contributed by atoms with Gasteiger partial charge in [0.15, 0.2) is 5.65 Å². The molecule has 3 aromatic rings. The number of hydrogen-bond acceptors (Lipinski definition) is 5. The monoisotopic (exact) mass is 381 g/mol. The van der Waals surface area contributed by atoms with Gasteiger partial charge in [-0.3, -0.25) is 4.79 Å². The molecule has 2 aromatic heterocycles. The maximum atomic E-state index is 14.1. The molecule has 28 heavy (non-hydrogen) atoms. The number of hydrogen-bond donors (Lipinski definition) is 2. The van der Waals surface area contributed by atoms with Crippen LogP contribution < -0.4 is 15.4 Å². The molecule has 2 N–H and O–H groups in total. The zero-order valence-corrected chi connectivity index (χ0v) is 15.2. The van der Waals surface area contributed by atoms with E-state index in [1.165, 1.54) is 18.3 Å². The van der Waals surface area contributed by atoms with E-state index in [1.807, 2.05) is 6.07 Å². The lowest BCUT2D eigenvalue weighted by molar-refractivity contribution is 0.0948. The first-order valence-corrected chi connectivity index (χ1v) is 9.50. The zero-order valence-electron chi connectivity index (χ0n) is 15.2. The third kappa shape index (κ3) is 2.94. The zero-order chi connectivity index (χ0) is 19.1. The highest BCUT2D eigenvalue weighted by atomic mass is 19.1. The Bertz CT molecular complexity index is 1050. The molecule has 0 radical (unpaired) electrons. The highest BCUT2D eigenvalue weighted by molar-refractivity contribution is 5.99. The SMILES string of the molecule is O=C1NCCOc2ccc(F)cc2C(C2CCC2)Nc2ccn3ncc1c3n2. The van der Waals surface area contributed by atoms with Crippen LogP contribution in [-0.4, -0.2) is 33.7 Å². The summed E-state index contributed by atoms with van der Waals surface area (Å²) < 4.78 is 21.6. The number of benzene rings is 1. The molecule has 144 valence electrons. The maximum absolute atomic E-state index is 14.1. The standard InChI is InChI=1S/C20H20FN5O2/c21-13-4-5-16-14(10-13)18(12-2-1-3-12)24-17-6-8-26-19(25-17)15(11-23-26)20(27)22-7-9-28-16/h4-6,8,10-12,18H,1-3,7,9H2,(H,22,27)(H,24,25). The Morgan fingerprint density at radius 3 is 2.96 bits per heavy atom. The Labute approximate surface area is 160 Å². The van der Waals surface area contributed by atoms with Gasteiger partial charge in [0.2, 0.25) is 0 Å². The molecule has 5 rings (SSSR count). The molecule has 1 aliphatic heterocycles. The van der Waals surface area contributed by atoms with E-state index in [9.17, 15) is 9.18 Å². The van der Waals surface area contributed by atoms with Gasteiger partial charge >= 0.3 is 0 Å². The van der Waals surface area contributed by atoms with Crippen molar-refractivity contribution in [3.63, 3.8) is 0 Å². The largest absolute Gasteiger partial charge is 0.491 e. The average molecular weight is 381 g/mol. The van der Waals surface area contributed by atoms with Crippen molar-refractivity contribution in [2.45, 2.75) is 25.3 Å². The second-order valence-corrected chi connectivity index (χ2v) is 7.24. The first-order valence-electron chi connectivity index (χ1n) is 9.50. The van der Waals surface area contributed by atoms with Gasteiger partial charge in [-0.05, 0) is 43.0 Å². The fraction of sp³-hybridized carbons (Fsp3) is 0.350. The summed E-state index contributed by atoms with van der Waals surface area (Å²) in [4.78, 5) is 17.1. The summed E-state index contributed by atoms with van der Waals surface area (Å²) >= 11 is 0. The summed E-state index contributed by atoms with van der Waals surface area (Å²) in [6, 6.07) is 6.28. The number of ether oxygens (including phenoxy) is 1. The molecule has 0 spiro atoms. The summed E-state index contributed by atoms with van der Waals surface area (Å²) in [6.07, 6.45) is 6.56. The van der Waals surface area contributed by atoms with Crippen LogP contribution in [0.2, 0.25) is 0 Å². The average Bonchev–Trinajstić information content (AvgIpc) is 3.07. The number of amides is 1. The molecule has 1 amide bonds. The molecule has 8 heteroatoms. The topological polar surface area (TPSA) is 80.5 Å². The normalized spacial score (nSPS) is 20.0. The van der Waals surface area contributed by atoms with Gasteiger partial charge in [0, 0.05) is 11.8 Å². The van der Waals surface area contributed by atoms with Gasteiger partial charge in [-0.25, -0.2) is 13.9 Å². The minimum atomic E-state index is -0.299. The molecule has 1 atom stereocenters. The van der Waals surface area contributed by atoms with Crippen molar-refractivity contribution in [2.75, 3.05) is 18.5 Å². The smallest absolute Gasteiger partial charge is 0.256 e. The summed E-state index contributed by atoms with van der Waals surface area (Å²) in [5, 5.41) is 10.5. The third-order valence-corrected chi connectivity index (χ3v) is 5.49. The second kappa shape index (κ2) is 6.78. The molecule has 1 fully saturated rings. The van der Waals surface area contributed by atoms with Crippen LogP contribution in [0.25, 0.3) is 5.65 Å². The van der Waals surface area contributed by atoms with Crippen molar-refractivity contribution in [1.29, 1.82) is 0 Å². The van der Waals surface area contributed by atoms with Crippen LogP contribution in [0.1, 0.15) is 41.2 Å². The van der Waals surface area contributed by atoms with E-state index in [-0.39, 0.29) is 24.4 Å². The highest BCUT2D eigenvalue weighted by Crippen LogP contribution is 2.42. The Hall–Kier alpha value is -3.16. The minimum Gasteiger partial charge on any atom is -0.491 e. The molecule has 1 aromatic carbocycles. The lowest BCUT2D eigenvalue weighted by Crippen LogP contribution is -2.29. The van der Waals surface area contributed by atoms with Gasteiger partial charge in [-0.15, -0.1) is 0 Å². The predicted molar refractivity (Wildman–Crippen MR) is 101 cm³/mol. The number of fused-ring (bicyclic) bond motifs is 2. The van der Waals surface area contributed by atoms with E-state index in [0.717, 1.165) is 24.8 Å². The van der Waals surface area contributed by atoms with Crippen LogP contribution in [0.15, 0.2) is 36.7 Å². The first kappa shape index (κ1) is 17.0. The molecular formula is C20H20FN5O2. The lowest BCUT2D eigenvalue weighted by Gasteiger charge is -2.35. The fourth-order valence-electron chi connectivity index (χ4n) is 3.81. The summed E-state index contributed by atoms with van der Waals surface area (Å²) in [5.41, 5.74) is 1.67. The highest BCUT2D eigenvalue weighted by Gasteiger charge is 2.31. The van der Waals surface area contributed by atoms with Crippen molar-refractivity contribution in [3.8, 4) is 5.75 Å². The maximum Gasteiger partial charge on any atom is 0.256 e. The van der Waals surface area contributed by atoms with Gasteiger partial charge in [0.1, 0.15) is 29.6 Å². The van der Waals surface area contributed by atoms with Gasteiger partial charge in [0.05, 0.1) is 18.8 Å². The molecular weight excluding hydrogens is 361 g/mol. The third-order valence-electron chi connectivity index (χ3n) is 5.49. The number of rotatable bonds is 1. The van der Waals surface area contributed by atoms with Crippen LogP contribution >= 0.6 is 0 Å². The van der Waals surface area contributed by atoms with Crippen LogP contribution in [-0.2, 0) is 0 Å². The van der Waals surface area contributed by atoms with Crippen molar-refractivity contribution in [3.05, 3.63) is 53.6 Å². The van der Waals surface area contributed by atoms with E-state index in [4.69, 9.17) is 4.74 Å². The molecule has 1 aliphatic carbocycles. The summed E-state index contributed by atoms with van der Waals surface area (Å²) in [5.74, 6) is 1.07. The molecule has 2 bridgehead atoms. The van der Waals surface area contributed by atoms with Gasteiger partial charge in [-0.2, -0.15) is 5.10 Å². The van der Waals surface area contributed by atoms with E-state index in [2.05, 4.69) is 20.7 Å². The van der Waals surface area contributed by atoms with E-state index in [1.54, 1.807) is 16.8 Å². The lowest BCUT2D eigenvalue weighted by atomic mass is 9.77. The Balaban J connectivity index is 1.63. The Morgan fingerprint density at radius 1 is 1.25 bits per heavy atom. The van der Waals surface area contributed by atoms with Crippen LogP contribution in [0.3, 0.4) is 0 Å². The number of nitrogens with one attached hydrogen (secondary N) is 2. The minimum absolute atomic E-state index is 0.120. The number of nitrogens with zero attached hydrogens (tertiary/aromatic N) is 3. The Kier molecular flexibility index (Phi) is 4.11. The number of carbonyl (C=O) groups excluding carboxylic acids is 1. The van der Waals surface area contributed by atoms with Crippen molar-refractivity contribution in [2.24, 2.45) is 5.92 Å². The molecule has 1 saturated carbocycles. The fourth-order valence-corrected chi connectivity index (χ4v) is 3.81.